The van der Waals surface area contributed by atoms with Crippen molar-refractivity contribution in [2.24, 2.45) is 29.1 Å². The fraction of sp³-hybridized carbons (Fsp3) is 1.00. The molecule has 82 valence electrons. The van der Waals surface area contributed by atoms with Crippen LogP contribution in [0, 0.1) is 29.1 Å². The summed E-state index contributed by atoms with van der Waals surface area (Å²) >= 11 is 0. The van der Waals surface area contributed by atoms with E-state index < -0.39 is 0 Å². The van der Waals surface area contributed by atoms with Gasteiger partial charge in [0.2, 0.25) is 0 Å². The molecule has 2 aliphatic rings. The topological polar surface area (TPSA) is 0 Å². The summed E-state index contributed by atoms with van der Waals surface area (Å²) in [7, 11) is 0. The first-order chi connectivity index (χ1) is 6.46. The highest BCUT2D eigenvalue weighted by Crippen LogP contribution is 2.51. The second-order valence-electron chi connectivity index (χ2n) is 7.02. The lowest BCUT2D eigenvalue weighted by atomic mass is 9.58. The van der Waals surface area contributed by atoms with Gasteiger partial charge in [-0.05, 0) is 61.2 Å². The van der Waals surface area contributed by atoms with Crippen LogP contribution in [0.2, 0.25) is 0 Å². The van der Waals surface area contributed by atoms with E-state index in [0.717, 1.165) is 23.7 Å². The first-order valence-corrected chi connectivity index (χ1v) is 6.46. The van der Waals surface area contributed by atoms with Crippen LogP contribution in [0.15, 0.2) is 0 Å². The molecule has 0 heteroatoms. The summed E-state index contributed by atoms with van der Waals surface area (Å²) < 4.78 is 0. The third-order valence-corrected chi connectivity index (χ3v) is 4.56. The Kier molecular flexibility index (Phi) is 2.66. The predicted molar refractivity (Wildman–Crippen MR) is 62.2 cm³/mol. The molecule has 2 fully saturated rings. The summed E-state index contributed by atoms with van der Waals surface area (Å²) in [5.74, 6) is 4.08. The minimum absolute atomic E-state index is 0.648. The van der Waals surface area contributed by atoms with E-state index >= 15 is 0 Å². The van der Waals surface area contributed by atoms with E-state index in [4.69, 9.17) is 0 Å². The van der Waals surface area contributed by atoms with Crippen molar-refractivity contribution in [1.82, 2.24) is 0 Å². The molecule has 0 saturated heterocycles. The van der Waals surface area contributed by atoms with Gasteiger partial charge < -0.3 is 0 Å². The third kappa shape index (κ3) is 2.15. The first-order valence-electron chi connectivity index (χ1n) is 6.46. The van der Waals surface area contributed by atoms with Crippen LogP contribution in [0.5, 0.6) is 0 Å². The van der Waals surface area contributed by atoms with Crippen LogP contribution < -0.4 is 0 Å². The van der Waals surface area contributed by atoms with Gasteiger partial charge in [0.25, 0.3) is 0 Å². The molecule has 0 aromatic heterocycles. The van der Waals surface area contributed by atoms with E-state index in [-0.39, 0.29) is 0 Å². The van der Waals surface area contributed by atoms with E-state index in [1.54, 1.807) is 6.42 Å². The highest BCUT2D eigenvalue weighted by molar-refractivity contribution is 4.90. The maximum absolute atomic E-state index is 2.47. The number of rotatable bonds is 1. The fourth-order valence-electron chi connectivity index (χ4n) is 4.14. The zero-order valence-corrected chi connectivity index (χ0v) is 10.3. The van der Waals surface area contributed by atoms with Crippen molar-refractivity contribution in [2.45, 2.75) is 59.8 Å². The minimum atomic E-state index is 0.648. The predicted octanol–water partition coefficient (Wildman–Crippen LogP) is 4.49. The average Bonchev–Trinajstić information content (AvgIpc) is 1.99. The molecule has 0 heterocycles. The lowest BCUT2D eigenvalue weighted by Crippen LogP contribution is -2.36. The van der Waals surface area contributed by atoms with Gasteiger partial charge in [0.15, 0.2) is 0 Å². The van der Waals surface area contributed by atoms with Crippen molar-refractivity contribution in [3.63, 3.8) is 0 Å². The monoisotopic (exact) mass is 194 g/mol. The Hall–Kier alpha value is 0. The normalized spacial score (nSPS) is 41.4. The van der Waals surface area contributed by atoms with Crippen LogP contribution in [0.4, 0.5) is 0 Å². The molecule has 0 spiro atoms. The highest BCUT2D eigenvalue weighted by atomic mass is 14.4. The second kappa shape index (κ2) is 3.54. The van der Waals surface area contributed by atoms with Gasteiger partial charge in [-0.2, -0.15) is 0 Å². The third-order valence-electron chi connectivity index (χ3n) is 4.56. The molecule has 0 amide bonds. The van der Waals surface area contributed by atoms with Crippen LogP contribution in [0.25, 0.3) is 0 Å². The first kappa shape index (κ1) is 10.5. The Morgan fingerprint density at radius 3 is 1.86 bits per heavy atom. The highest BCUT2D eigenvalue weighted by Gasteiger charge is 2.39. The van der Waals surface area contributed by atoms with Crippen molar-refractivity contribution in [3.8, 4) is 0 Å². The second-order valence-corrected chi connectivity index (χ2v) is 7.02. The van der Waals surface area contributed by atoms with E-state index in [1.807, 2.05) is 0 Å². The average molecular weight is 194 g/mol. The van der Waals surface area contributed by atoms with E-state index in [1.165, 1.54) is 25.7 Å². The van der Waals surface area contributed by atoms with Gasteiger partial charge in [0.05, 0.1) is 0 Å². The Morgan fingerprint density at radius 2 is 1.43 bits per heavy atom. The smallest absolute Gasteiger partial charge is 0.0349 e. The molecule has 2 rings (SSSR count). The Balaban J connectivity index is 2.02. The minimum Gasteiger partial charge on any atom is -0.0625 e. The molecule has 0 radical (unpaired) electrons. The lowest BCUT2D eigenvalue weighted by molar-refractivity contribution is 0.0397. The largest absolute Gasteiger partial charge is 0.0625 e. The van der Waals surface area contributed by atoms with E-state index in [9.17, 15) is 0 Å². The van der Waals surface area contributed by atoms with Crippen LogP contribution in [-0.2, 0) is 0 Å². The van der Waals surface area contributed by atoms with Gasteiger partial charge in [-0.25, -0.2) is 0 Å². The lowest BCUT2D eigenvalue weighted by Gasteiger charge is -2.47. The SMILES string of the molecule is CC(C)C1C[C@@H]2C[C@H](C1)CC(C)(C)C2. The molecule has 2 aliphatic carbocycles. The van der Waals surface area contributed by atoms with E-state index in [0.29, 0.717) is 5.41 Å². The van der Waals surface area contributed by atoms with Gasteiger partial charge in [0, 0.05) is 0 Å². The molecule has 2 bridgehead atoms. The molecular weight excluding hydrogens is 168 g/mol. The number of hydrogen-bond acceptors (Lipinski definition) is 0. The maximum atomic E-state index is 2.47. The number of fused-ring (bicyclic) bond motifs is 2. The van der Waals surface area contributed by atoms with Gasteiger partial charge in [-0.1, -0.05) is 27.7 Å². The van der Waals surface area contributed by atoms with Crippen molar-refractivity contribution in [2.75, 3.05) is 0 Å². The van der Waals surface area contributed by atoms with Gasteiger partial charge in [0.1, 0.15) is 0 Å². The molecule has 0 N–H and O–H groups in total. The standard InChI is InChI=1S/C14H26/c1-10(2)13-6-11-5-12(7-13)9-14(3,4)8-11/h10-13H,5-9H2,1-4H3/t11-,12+,13?. The summed E-state index contributed by atoms with van der Waals surface area (Å²) in [6.07, 6.45) is 7.58. The molecule has 2 saturated carbocycles. The van der Waals surface area contributed by atoms with Crippen LogP contribution in [-0.4, -0.2) is 0 Å². The zero-order valence-electron chi connectivity index (χ0n) is 10.3. The van der Waals surface area contributed by atoms with Crippen LogP contribution >= 0.6 is 0 Å². The maximum Gasteiger partial charge on any atom is -0.0349 e. The summed E-state index contributed by atoms with van der Waals surface area (Å²) in [5.41, 5.74) is 0.648. The molecular formula is C14H26. The molecule has 1 unspecified atom stereocenters. The van der Waals surface area contributed by atoms with Crippen molar-refractivity contribution in [1.29, 1.82) is 0 Å². The van der Waals surface area contributed by atoms with Gasteiger partial charge >= 0.3 is 0 Å². The Bertz CT molecular complexity index is 186. The molecule has 0 aliphatic heterocycles. The van der Waals surface area contributed by atoms with E-state index in [2.05, 4.69) is 27.7 Å². The summed E-state index contributed by atoms with van der Waals surface area (Å²) in [6.45, 7) is 9.78. The van der Waals surface area contributed by atoms with Crippen molar-refractivity contribution < 1.29 is 0 Å². The fourth-order valence-corrected chi connectivity index (χ4v) is 4.14. The summed E-state index contributed by atoms with van der Waals surface area (Å²) in [6, 6.07) is 0. The van der Waals surface area contributed by atoms with Crippen molar-refractivity contribution >= 4 is 0 Å². The molecule has 0 aromatic carbocycles. The molecule has 3 atom stereocenters. The van der Waals surface area contributed by atoms with Crippen molar-refractivity contribution in [3.05, 3.63) is 0 Å². The Labute approximate surface area is 89.5 Å². The number of hydrogen-bond donors (Lipinski definition) is 0. The quantitative estimate of drug-likeness (QED) is 0.577. The molecule has 0 nitrogen and oxygen atoms in total. The molecule has 14 heavy (non-hydrogen) atoms. The van der Waals surface area contributed by atoms with Crippen LogP contribution in [0.1, 0.15) is 59.8 Å². The summed E-state index contributed by atoms with van der Waals surface area (Å²) in [4.78, 5) is 0. The van der Waals surface area contributed by atoms with Crippen LogP contribution in [0.3, 0.4) is 0 Å². The summed E-state index contributed by atoms with van der Waals surface area (Å²) in [5, 5.41) is 0. The van der Waals surface area contributed by atoms with Gasteiger partial charge in [-0.15, -0.1) is 0 Å². The van der Waals surface area contributed by atoms with Gasteiger partial charge in [-0.3, -0.25) is 0 Å². The Morgan fingerprint density at radius 1 is 0.929 bits per heavy atom. The molecule has 0 aromatic rings. The zero-order chi connectivity index (χ0) is 10.3.